The van der Waals surface area contributed by atoms with E-state index in [1.165, 1.54) is 0 Å². The summed E-state index contributed by atoms with van der Waals surface area (Å²) in [6.07, 6.45) is 0. The van der Waals surface area contributed by atoms with Gasteiger partial charge in [-0.15, -0.1) is 0 Å². The SMILES string of the molecule is O=[N+]([O-])[O-].O=[N+]([O-])[O-].O=[N+]([O-])[O-].[Ca+2].[NH4+]. The summed E-state index contributed by atoms with van der Waals surface area (Å²) in [5.41, 5.74) is 0. The summed E-state index contributed by atoms with van der Waals surface area (Å²) < 4.78 is 0. The van der Waals surface area contributed by atoms with Crippen molar-refractivity contribution >= 4 is 37.7 Å². The van der Waals surface area contributed by atoms with Gasteiger partial charge in [0.25, 0.3) is 0 Å². The molecule has 0 aliphatic carbocycles. The summed E-state index contributed by atoms with van der Waals surface area (Å²) in [5, 5.41) is 44.2. The average molecular weight is 244 g/mol. The first-order valence-corrected chi connectivity index (χ1v) is 1.64. The zero-order valence-electron chi connectivity index (χ0n) is 6.72. The molecule has 13 nitrogen and oxygen atoms in total. The minimum absolute atomic E-state index is 0. The molecule has 0 atom stereocenters. The van der Waals surface area contributed by atoms with E-state index in [9.17, 15) is 0 Å². The molecule has 14 heavy (non-hydrogen) atoms. The van der Waals surface area contributed by atoms with Crippen LogP contribution in [-0.2, 0) is 0 Å². The number of rotatable bonds is 0. The molecule has 4 N–H and O–H groups in total. The third kappa shape index (κ3) is 749. The molecule has 80 valence electrons. The predicted octanol–water partition coefficient (Wildman–Crippen LogP) is -0.722. The van der Waals surface area contributed by atoms with E-state index in [-0.39, 0.29) is 43.9 Å². The first kappa shape index (κ1) is 29.3. The van der Waals surface area contributed by atoms with Crippen LogP contribution in [0.3, 0.4) is 0 Å². The van der Waals surface area contributed by atoms with Crippen LogP contribution < -0.4 is 6.15 Å². The maximum absolute atomic E-state index is 8.25. The van der Waals surface area contributed by atoms with E-state index in [4.69, 9.17) is 46.0 Å². The molecule has 0 aromatic carbocycles. The Hall–Kier alpha value is -1.18. The van der Waals surface area contributed by atoms with E-state index in [0.29, 0.717) is 0 Å². The molecular formula is H4CaN4O9. The van der Waals surface area contributed by atoms with Crippen LogP contribution in [0.15, 0.2) is 0 Å². The molecule has 0 amide bonds. The topological polar surface area (TPSA) is 235 Å². The van der Waals surface area contributed by atoms with Gasteiger partial charge in [0.15, 0.2) is 0 Å². The van der Waals surface area contributed by atoms with E-state index in [0.717, 1.165) is 0 Å². The van der Waals surface area contributed by atoms with Crippen LogP contribution in [0.1, 0.15) is 0 Å². The molecule has 0 aromatic heterocycles. The Labute approximate surface area is 105 Å². The van der Waals surface area contributed by atoms with Crippen molar-refractivity contribution in [3.05, 3.63) is 46.0 Å². The Morgan fingerprint density at radius 3 is 0.571 bits per heavy atom. The summed E-state index contributed by atoms with van der Waals surface area (Å²) in [6, 6.07) is 0. The molecule has 0 aliphatic rings. The zero-order valence-corrected chi connectivity index (χ0v) is 8.93. The predicted molar refractivity (Wildman–Crippen MR) is 42.8 cm³/mol. The smallest absolute Gasteiger partial charge is 0.369 e. The fraction of sp³-hybridized carbons (Fsp3) is 0. The van der Waals surface area contributed by atoms with Gasteiger partial charge in [0.1, 0.15) is 0 Å². The van der Waals surface area contributed by atoms with Crippen LogP contribution in [0.5, 0.6) is 0 Å². The molecular weight excluding hydrogens is 240 g/mol. The van der Waals surface area contributed by atoms with E-state index < -0.39 is 15.3 Å². The average Bonchev–Trinajstić information content (AvgIpc) is 1.54. The Morgan fingerprint density at radius 2 is 0.571 bits per heavy atom. The van der Waals surface area contributed by atoms with Crippen molar-refractivity contribution in [2.75, 3.05) is 0 Å². The summed E-state index contributed by atoms with van der Waals surface area (Å²) in [6.45, 7) is 0. The van der Waals surface area contributed by atoms with Gasteiger partial charge in [0.05, 0.1) is 15.3 Å². The van der Waals surface area contributed by atoms with Gasteiger partial charge >= 0.3 is 37.7 Å². The number of quaternary nitrogens is 1. The van der Waals surface area contributed by atoms with Crippen molar-refractivity contribution in [2.45, 2.75) is 0 Å². The van der Waals surface area contributed by atoms with Crippen LogP contribution in [0.2, 0.25) is 0 Å². The summed E-state index contributed by atoms with van der Waals surface area (Å²) in [4.78, 5) is 24.8. The van der Waals surface area contributed by atoms with Gasteiger partial charge in [-0.2, -0.15) is 0 Å². The number of nitrogens with zero attached hydrogens (tertiary/aromatic N) is 3. The van der Waals surface area contributed by atoms with Gasteiger partial charge in [-0.25, -0.2) is 0 Å². The van der Waals surface area contributed by atoms with Crippen LogP contribution >= 0.6 is 0 Å². The fourth-order valence-corrected chi connectivity index (χ4v) is 0. The Bertz CT molecular complexity index is 114. The molecule has 0 aromatic rings. The van der Waals surface area contributed by atoms with Crippen molar-refractivity contribution < 1.29 is 15.3 Å². The molecule has 0 rings (SSSR count). The molecule has 0 saturated heterocycles. The fourth-order valence-electron chi connectivity index (χ4n) is 0. The largest absolute Gasteiger partial charge is 2.00 e. The van der Waals surface area contributed by atoms with Crippen LogP contribution in [0.4, 0.5) is 0 Å². The second-order valence-electron chi connectivity index (χ2n) is 0.671. The maximum Gasteiger partial charge on any atom is 2.00 e. The molecule has 0 spiro atoms. The maximum atomic E-state index is 8.25. The Balaban J connectivity index is -0.0000000270. The molecule has 14 heteroatoms. The third-order valence-corrected chi connectivity index (χ3v) is 0. The van der Waals surface area contributed by atoms with Crippen molar-refractivity contribution in [3.63, 3.8) is 0 Å². The molecule has 0 fully saturated rings. The minimum atomic E-state index is -1.75. The first-order chi connectivity index (χ1) is 5.20. The second kappa shape index (κ2) is 22.6. The first-order valence-electron chi connectivity index (χ1n) is 1.64. The quantitative estimate of drug-likeness (QED) is 0.320. The molecule has 0 saturated carbocycles. The van der Waals surface area contributed by atoms with Gasteiger partial charge in [-0.3, -0.25) is 0 Å². The van der Waals surface area contributed by atoms with Crippen molar-refractivity contribution in [1.82, 2.24) is 6.15 Å². The van der Waals surface area contributed by atoms with Crippen LogP contribution in [-0.4, -0.2) is 53.0 Å². The van der Waals surface area contributed by atoms with Crippen molar-refractivity contribution in [2.24, 2.45) is 0 Å². The van der Waals surface area contributed by atoms with Crippen molar-refractivity contribution in [1.29, 1.82) is 0 Å². The van der Waals surface area contributed by atoms with Gasteiger partial charge < -0.3 is 52.1 Å². The summed E-state index contributed by atoms with van der Waals surface area (Å²) in [7, 11) is 0. The van der Waals surface area contributed by atoms with Gasteiger partial charge in [-0.05, 0) is 0 Å². The van der Waals surface area contributed by atoms with Gasteiger partial charge in [0.2, 0.25) is 0 Å². The number of hydrogen-bond donors (Lipinski definition) is 1. The number of hydrogen-bond acceptors (Lipinski definition) is 9. The zero-order chi connectivity index (χ0) is 10.7. The van der Waals surface area contributed by atoms with Gasteiger partial charge in [0, 0.05) is 0 Å². The molecule has 0 bridgehead atoms. The normalized spacial score (nSPS) is 5.14. The monoisotopic (exact) mass is 244 g/mol. The summed E-state index contributed by atoms with van der Waals surface area (Å²) >= 11 is 0. The van der Waals surface area contributed by atoms with Crippen LogP contribution in [0.25, 0.3) is 0 Å². The summed E-state index contributed by atoms with van der Waals surface area (Å²) in [5.74, 6) is 0. The molecule has 0 heterocycles. The van der Waals surface area contributed by atoms with E-state index in [1.807, 2.05) is 0 Å². The molecule has 0 radical (unpaired) electrons. The van der Waals surface area contributed by atoms with Crippen LogP contribution in [0, 0.1) is 46.0 Å². The Kier molecular flexibility index (Phi) is 47.3. The molecule has 0 unspecified atom stereocenters. The Morgan fingerprint density at radius 1 is 0.571 bits per heavy atom. The van der Waals surface area contributed by atoms with Gasteiger partial charge in [-0.1, -0.05) is 0 Å². The van der Waals surface area contributed by atoms with E-state index >= 15 is 0 Å². The molecule has 0 aliphatic heterocycles. The van der Waals surface area contributed by atoms with E-state index in [1.54, 1.807) is 0 Å². The van der Waals surface area contributed by atoms with Crippen molar-refractivity contribution in [3.8, 4) is 0 Å². The van der Waals surface area contributed by atoms with E-state index in [2.05, 4.69) is 0 Å². The standard InChI is InChI=1S/Ca.3NO3.H3N/c;3*2-1(3)4;/h;;;;1H3/q+2;3*-1;/p+1. The second-order valence-corrected chi connectivity index (χ2v) is 0.671. The minimum Gasteiger partial charge on any atom is -0.369 e. The third-order valence-electron chi connectivity index (χ3n) is 0.